The molecule has 10 heteroatoms. The predicted octanol–water partition coefficient (Wildman–Crippen LogP) is 5.45. The first-order valence-electron chi connectivity index (χ1n) is 10.9. The largest absolute Gasteiger partial charge is 0.497 e. The van der Waals surface area contributed by atoms with Crippen LogP contribution >= 0.6 is 22.9 Å². The Hall–Kier alpha value is -3.01. The number of nitrogens with zero attached hydrogens (tertiary/aromatic N) is 3. The number of aromatic nitrogens is 2. The minimum Gasteiger partial charge on any atom is -0.497 e. The zero-order valence-electron chi connectivity index (χ0n) is 19.3. The zero-order valence-corrected chi connectivity index (χ0v) is 21.7. The fourth-order valence-corrected chi connectivity index (χ4v) is 6.22. The van der Waals surface area contributed by atoms with Gasteiger partial charge < -0.3 is 4.74 Å². The van der Waals surface area contributed by atoms with Gasteiger partial charge in [-0.05, 0) is 61.4 Å². The maximum atomic E-state index is 13.3. The topological polar surface area (TPSA) is 89.5 Å². The Morgan fingerprint density at radius 2 is 1.89 bits per heavy atom. The summed E-state index contributed by atoms with van der Waals surface area (Å²) in [5, 5.41) is 1.08. The van der Waals surface area contributed by atoms with Gasteiger partial charge in [-0.1, -0.05) is 35.1 Å². The molecular formula is C25H24ClN3O4S2. The van der Waals surface area contributed by atoms with Gasteiger partial charge in [-0.2, -0.15) is 0 Å². The maximum Gasteiger partial charge on any atom is 0.229 e. The number of hydrogen-bond donors (Lipinski definition) is 0. The highest BCUT2D eigenvalue weighted by molar-refractivity contribution is 7.91. The summed E-state index contributed by atoms with van der Waals surface area (Å²) < 4.78 is 31.4. The van der Waals surface area contributed by atoms with Crippen molar-refractivity contribution in [1.29, 1.82) is 0 Å². The molecule has 0 saturated carbocycles. The van der Waals surface area contributed by atoms with Crippen molar-refractivity contribution in [3.05, 3.63) is 77.1 Å². The number of ether oxygens (including phenoxy) is 1. The molecule has 0 spiro atoms. The lowest BCUT2D eigenvalue weighted by molar-refractivity contribution is -0.118. The number of carbonyl (C=O) groups is 1. The third-order valence-corrected chi connectivity index (χ3v) is 8.84. The van der Waals surface area contributed by atoms with Crippen LogP contribution in [0, 0.1) is 6.92 Å². The lowest BCUT2D eigenvalue weighted by Crippen LogP contribution is -2.30. The van der Waals surface area contributed by atoms with Crippen LogP contribution in [0.25, 0.3) is 10.2 Å². The van der Waals surface area contributed by atoms with Gasteiger partial charge in [-0.3, -0.25) is 14.7 Å². The Morgan fingerprint density at radius 3 is 2.54 bits per heavy atom. The molecule has 0 aliphatic carbocycles. The number of benzene rings is 2. The fraction of sp³-hybridized carbons (Fsp3) is 0.240. The van der Waals surface area contributed by atoms with Crippen molar-refractivity contribution in [2.75, 3.05) is 17.8 Å². The van der Waals surface area contributed by atoms with E-state index in [2.05, 4.69) is 4.98 Å². The van der Waals surface area contributed by atoms with Gasteiger partial charge in [0, 0.05) is 12.6 Å². The zero-order chi connectivity index (χ0) is 25.0. The smallest absolute Gasteiger partial charge is 0.229 e. The average Bonchev–Trinajstić information content (AvgIpc) is 3.32. The molecule has 0 radical (unpaired) electrons. The second kappa shape index (κ2) is 10.7. The molecule has 2 heterocycles. The minimum absolute atomic E-state index is 0.0465. The molecule has 0 aliphatic rings. The Morgan fingerprint density at radius 1 is 1.11 bits per heavy atom. The summed E-state index contributed by atoms with van der Waals surface area (Å²) in [5.41, 5.74) is 2.41. The van der Waals surface area contributed by atoms with Crippen molar-refractivity contribution in [2.45, 2.75) is 31.2 Å². The van der Waals surface area contributed by atoms with Gasteiger partial charge in [0.25, 0.3) is 0 Å². The number of methoxy groups -OCH3 is 1. The van der Waals surface area contributed by atoms with Crippen molar-refractivity contribution in [3.63, 3.8) is 0 Å². The molecule has 0 unspecified atom stereocenters. The summed E-state index contributed by atoms with van der Waals surface area (Å²) in [7, 11) is -2.01. The molecule has 0 aliphatic heterocycles. The molecule has 0 fully saturated rings. The SMILES string of the molecule is COc1ccc(S(=O)(=O)CCCC(=O)N(Cc2ccccn2)c2nc3c(C)ccc(Cl)c3s2)cc1. The van der Waals surface area contributed by atoms with Crippen molar-refractivity contribution < 1.29 is 17.9 Å². The molecule has 2 aromatic heterocycles. The van der Waals surface area contributed by atoms with E-state index >= 15 is 0 Å². The van der Waals surface area contributed by atoms with Gasteiger partial charge in [-0.15, -0.1) is 0 Å². The molecule has 0 saturated heterocycles. The Bertz CT molecular complexity index is 1400. The minimum atomic E-state index is -3.53. The van der Waals surface area contributed by atoms with Crippen molar-refractivity contribution in [2.24, 2.45) is 0 Å². The average molecular weight is 530 g/mol. The summed E-state index contributed by atoms with van der Waals surface area (Å²) >= 11 is 7.72. The predicted molar refractivity (Wildman–Crippen MR) is 139 cm³/mol. The van der Waals surface area contributed by atoms with Crippen LogP contribution in [-0.4, -0.2) is 37.2 Å². The van der Waals surface area contributed by atoms with Crippen LogP contribution in [0.2, 0.25) is 5.02 Å². The highest BCUT2D eigenvalue weighted by Gasteiger charge is 2.23. The van der Waals surface area contributed by atoms with E-state index in [0.29, 0.717) is 21.6 Å². The molecule has 35 heavy (non-hydrogen) atoms. The molecule has 7 nitrogen and oxygen atoms in total. The quantitative estimate of drug-likeness (QED) is 0.286. The molecular weight excluding hydrogens is 506 g/mol. The van der Waals surface area contributed by atoms with E-state index in [9.17, 15) is 13.2 Å². The molecule has 4 aromatic rings. The standard InChI is InChI=1S/C25H24ClN3O4S2/c1-17-8-13-21(26)24-23(17)28-25(34-24)29(16-18-6-3-4-14-27-18)22(30)7-5-15-35(31,32)20-11-9-19(33-2)10-12-20/h3-4,6,8-14H,5,7,15-16H2,1-2H3. The van der Waals surface area contributed by atoms with Gasteiger partial charge in [0.2, 0.25) is 5.91 Å². The lowest BCUT2D eigenvalue weighted by atomic mass is 10.2. The summed E-state index contributed by atoms with van der Waals surface area (Å²) in [6, 6.07) is 15.4. The van der Waals surface area contributed by atoms with Crippen LogP contribution in [0.15, 0.2) is 65.7 Å². The first-order valence-corrected chi connectivity index (χ1v) is 13.8. The number of halogens is 1. The van der Waals surface area contributed by atoms with Gasteiger partial charge >= 0.3 is 0 Å². The van der Waals surface area contributed by atoms with Crippen molar-refractivity contribution in [1.82, 2.24) is 9.97 Å². The molecule has 1 amide bonds. The second-order valence-corrected chi connectivity index (χ2v) is 11.4. The van der Waals surface area contributed by atoms with E-state index in [-0.39, 0.29) is 35.9 Å². The van der Waals surface area contributed by atoms with Crippen molar-refractivity contribution >= 4 is 54.0 Å². The van der Waals surface area contributed by atoms with Gasteiger partial charge in [0.05, 0.1) is 45.2 Å². The summed E-state index contributed by atoms with van der Waals surface area (Å²) in [5.74, 6) is 0.205. The van der Waals surface area contributed by atoms with E-state index in [4.69, 9.17) is 21.3 Å². The van der Waals surface area contributed by atoms with E-state index in [1.54, 1.807) is 29.3 Å². The van der Waals surface area contributed by atoms with Crippen LogP contribution in [0.5, 0.6) is 5.75 Å². The molecule has 0 bridgehead atoms. The number of hydrogen-bond acceptors (Lipinski definition) is 7. The molecule has 2 aromatic carbocycles. The van der Waals surface area contributed by atoms with Gasteiger partial charge in [0.1, 0.15) is 5.75 Å². The Kier molecular flexibility index (Phi) is 7.69. The number of sulfone groups is 1. The lowest BCUT2D eigenvalue weighted by Gasteiger charge is -2.19. The Labute approximate surface area is 213 Å². The van der Waals surface area contributed by atoms with Crippen LogP contribution in [-0.2, 0) is 21.2 Å². The van der Waals surface area contributed by atoms with Gasteiger partial charge in [-0.25, -0.2) is 13.4 Å². The molecule has 4 rings (SSSR count). The first kappa shape index (κ1) is 25.1. The highest BCUT2D eigenvalue weighted by atomic mass is 35.5. The number of carbonyl (C=O) groups excluding carboxylic acids is 1. The Balaban J connectivity index is 1.54. The first-order chi connectivity index (χ1) is 16.8. The molecule has 0 N–H and O–H groups in total. The molecule has 0 atom stereocenters. The normalized spacial score (nSPS) is 11.5. The third kappa shape index (κ3) is 5.80. The molecule has 182 valence electrons. The fourth-order valence-electron chi connectivity index (χ4n) is 3.57. The number of aryl methyl sites for hydroxylation is 1. The van der Waals surface area contributed by atoms with Crippen LogP contribution in [0.4, 0.5) is 5.13 Å². The monoisotopic (exact) mass is 529 g/mol. The third-order valence-electron chi connectivity index (χ3n) is 5.49. The van der Waals surface area contributed by atoms with Crippen LogP contribution in [0.1, 0.15) is 24.1 Å². The second-order valence-electron chi connectivity index (χ2n) is 7.94. The van der Waals surface area contributed by atoms with Crippen molar-refractivity contribution in [3.8, 4) is 5.75 Å². The number of anilines is 1. The van der Waals surface area contributed by atoms with Crippen LogP contribution < -0.4 is 9.64 Å². The van der Waals surface area contributed by atoms with E-state index in [1.165, 1.54) is 30.6 Å². The van der Waals surface area contributed by atoms with Crippen LogP contribution in [0.3, 0.4) is 0 Å². The number of pyridine rings is 1. The van der Waals surface area contributed by atoms with E-state index in [1.807, 2.05) is 31.2 Å². The summed E-state index contributed by atoms with van der Waals surface area (Å²) in [6.45, 7) is 2.17. The summed E-state index contributed by atoms with van der Waals surface area (Å²) in [4.78, 5) is 24.1. The highest BCUT2D eigenvalue weighted by Crippen LogP contribution is 2.36. The maximum absolute atomic E-state index is 13.3. The van der Waals surface area contributed by atoms with E-state index in [0.717, 1.165) is 15.8 Å². The number of amides is 1. The number of rotatable bonds is 9. The number of fused-ring (bicyclic) bond motifs is 1. The summed E-state index contributed by atoms with van der Waals surface area (Å²) in [6.07, 6.45) is 1.89. The number of thiazole rings is 1. The van der Waals surface area contributed by atoms with Gasteiger partial charge in [0.15, 0.2) is 15.0 Å². The van der Waals surface area contributed by atoms with E-state index < -0.39 is 9.84 Å².